The molecular formula is C20H28ClN3O3. The second kappa shape index (κ2) is 8.48. The number of piperazine rings is 1. The quantitative estimate of drug-likeness (QED) is 0.715. The molecule has 0 bridgehead atoms. The van der Waals surface area contributed by atoms with Gasteiger partial charge in [0.25, 0.3) is 0 Å². The number of hydrogen-bond acceptors (Lipinski definition) is 3. The molecule has 6 nitrogen and oxygen atoms in total. The molecule has 148 valence electrons. The molecule has 27 heavy (non-hydrogen) atoms. The number of carbonyl (C=O) groups excluding carboxylic acids is 2. The van der Waals surface area contributed by atoms with E-state index in [2.05, 4.69) is 13.8 Å². The Balaban J connectivity index is 1.80. The van der Waals surface area contributed by atoms with Crippen LogP contribution in [0.1, 0.15) is 25.8 Å². The minimum Gasteiger partial charge on any atom is -0.383 e. The maximum absolute atomic E-state index is 13.1. The van der Waals surface area contributed by atoms with Gasteiger partial charge in [0.05, 0.1) is 12.6 Å². The summed E-state index contributed by atoms with van der Waals surface area (Å²) in [5, 5.41) is 0.659. The molecule has 2 atom stereocenters. The summed E-state index contributed by atoms with van der Waals surface area (Å²) in [6.07, 6.45) is 0.671. The first kappa shape index (κ1) is 20.0. The second-order valence-electron chi connectivity index (χ2n) is 7.74. The van der Waals surface area contributed by atoms with Crippen molar-refractivity contribution >= 4 is 23.5 Å². The Morgan fingerprint density at radius 3 is 2.56 bits per heavy atom. The van der Waals surface area contributed by atoms with Crippen LogP contribution < -0.4 is 0 Å². The third-order valence-electron chi connectivity index (χ3n) is 5.26. The van der Waals surface area contributed by atoms with Gasteiger partial charge >= 0.3 is 6.03 Å². The van der Waals surface area contributed by atoms with Crippen LogP contribution in [0.2, 0.25) is 5.02 Å². The van der Waals surface area contributed by atoms with E-state index in [9.17, 15) is 9.59 Å². The van der Waals surface area contributed by atoms with E-state index in [1.165, 1.54) is 0 Å². The number of benzene rings is 1. The van der Waals surface area contributed by atoms with E-state index < -0.39 is 6.04 Å². The lowest BCUT2D eigenvalue weighted by atomic mass is 9.97. The van der Waals surface area contributed by atoms with Crippen LogP contribution in [0.15, 0.2) is 24.3 Å². The van der Waals surface area contributed by atoms with E-state index >= 15 is 0 Å². The molecule has 0 aromatic heterocycles. The van der Waals surface area contributed by atoms with Gasteiger partial charge in [-0.2, -0.15) is 0 Å². The van der Waals surface area contributed by atoms with Gasteiger partial charge in [-0.25, -0.2) is 4.79 Å². The highest BCUT2D eigenvalue weighted by Gasteiger charge is 2.49. The second-order valence-corrected chi connectivity index (χ2v) is 8.15. The molecule has 3 amide bonds. The maximum Gasteiger partial charge on any atom is 0.321 e. The van der Waals surface area contributed by atoms with Crippen LogP contribution in [0.3, 0.4) is 0 Å². The van der Waals surface area contributed by atoms with Crippen LogP contribution in [0.4, 0.5) is 4.79 Å². The molecule has 2 aliphatic heterocycles. The van der Waals surface area contributed by atoms with Crippen molar-refractivity contribution in [3.8, 4) is 0 Å². The average Bonchev–Trinajstić information content (AvgIpc) is 2.93. The summed E-state index contributed by atoms with van der Waals surface area (Å²) < 4.78 is 5.16. The van der Waals surface area contributed by atoms with Gasteiger partial charge in [0.15, 0.2) is 0 Å². The van der Waals surface area contributed by atoms with Gasteiger partial charge < -0.3 is 19.4 Å². The van der Waals surface area contributed by atoms with Crippen LogP contribution in [-0.2, 0) is 16.1 Å². The van der Waals surface area contributed by atoms with Crippen LogP contribution in [0.5, 0.6) is 0 Å². The first-order chi connectivity index (χ1) is 12.9. The summed E-state index contributed by atoms with van der Waals surface area (Å²) in [5.41, 5.74) is 0.926. The van der Waals surface area contributed by atoms with Gasteiger partial charge in [-0.1, -0.05) is 43.6 Å². The molecule has 3 rings (SSSR count). The van der Waals surface area contributed by atoms with Crippen molar-refractivity contribution in [2.75, 3.05) is 33.4 Å². The number of fused-ring (bicyclic) bond motifs is 1. The Morgan fingerprint density at radius 2 is 1.89 bits per heavy atom. The van der Waals surface area contributed by atoms with E-state index in [1.807, 2.05) is 39.0 Å². The number of rotatable bonds is 7. The SMILES string of the molecule is COCCN1C[C@@H]2CN(Cc3ccccc3Cl)C(=O)N2[C@@H](CC(C)C)C1=O. The molecule has 0 saturated carbocycles. The van der Waals surface area contributed by atoms with Crippen molar-refractivity contribution in [1.29, 1.82) is 0 Å². The highest BCUT2D eigenvalue weighted by molar-refractivity contribution is 6.31. The Kier molecular flexibility index (Phi) is 6.27. The number of carbonyl (C=O) groups is 2. The fourth-order valence-corrected chi connectivity index (χ4v) is 4.17. The van der Waals surface area contributed by atoms with Crippen LogP contribution in [-0.4, -0.2) is 72.1 Å². The number of amides is 3. The Morgan fingerprint density at radius 1 is 1.19 bits per heavy atom. The third kappa shape index (κ3) is 4.22. The number of nitrogens with zero attached hydrogens (tertiary/aromatic N) is 3. The average molecular weight is 394 g/mol. The lowest BCUT2D eigenvalue weighted by Gasteiger charge is -2.42. The fraction of sp³-hybridized carbons (Fsp3) is 0.600. The summed E-state index contributed by atoms with van der Waals surface area (Å²) >= 11 is 6.28. The van der Waals surface area contributed by atoms with Crippen molar-refractivity contribution in [2.45, 2.75) is 38.9 Å². The lowest BCUT2D eigenvalue weighted by Crippen LogP contribution is -2.61. The predicted octanol–water partition coefficient (Wildman–Crippen LogP) is 2.85. The van der Waals surface area contributed by atoms with Gasteiger partial charge in [-0.05, 0) is 24.0 Å². The van der Waals surface area contributed by atoms with Gasteiger partial charge in [0, 0.05) is 38.3 Å². The standard InChI is InChI=1S/C20H28ClN3O3/c1-14(2)10-18-19(25)22(8-9-27-3)12-16-13-23(20(26)24(16)18)11-15-6-4-5-7-17(15)21/h4-7,14,16,18H,8-13H2,1-3H3/t16-,18+/m1/s1. The minimum atomic E-state index is -0.399. The van der Waals surface area contributed by atoms with Gasteiger partial charge in [0.1, 0.15) is 6.04 Å². The molecular weight excluding hydrogens is 366 g/mol. The van der Waals surface area contributed by atoms with Crippen LogP contribution >= 0.6 is 11.6 Å². The summed E-state index contributed by atoms with van der Waals surface area (Å²) in [4.78, 5) is 31.6. The Labute approximate surface area is 166 Å². The molecule has 2 aliphatic rings. The first-order valence-corrected chi connectivity index (χ1v) is 9.88. The minimum absolute atomic E-state index is 0.0123. The van der Waals surface area contributed by atoms with Gasteiger partial charge in [-0.15, -0.1) is 0 Å². The van der Waals surface area contributed by atoms with Crippen molar-refractivity contribution in [2.24, 2.45) is 5.92 Å². The first-order valence-electron chi connectivity index (χ1n) is 9.50. The number of urea groups is 1. The summed E-state index contributed by atoms with van der Waals surface area (Å²) in [7, 11) is 1.64. The predicted molar refractivity (Wildman–Crippen MR) is 105 cm³/mol. The molecule has 0 unspecified atom stereocenters. The topological polar surface area (TPSA) is 53.1 Å². The van der Waals surface area contributed by atoms with E-state index in [1.54, 1.807) is 7.11 Å². The van der Waals surface area contributed by atoms with E-state index in [-0.39, 0.29) is 18.0 Å². The maximum atomic E-state index is 13.1. The summed E-state index contributed by atoms with van der Waals surface area (Å²) in [6, 6.07) is 7.13. The monoisotopic (exact) mass is 393 g/mol. The van der Waals surface area contributed by atoms with E-state index in [0.717, 1.165) is 5.56 Å². The zero-order chi connectivity index (χ0) is 19.6. The van der Waals surface area contributed by atoms with Crippen molar-refractivity contribution < 1.29 is 14.3 Å². The number of halogens is 1. The van der Waals surface area contributed by atoms with Crippen molar-refractivity contribution in [3.63, 3.8) is 0 Å². The smallest absolute Gasteiger partial charge is 0.321 e. The van der Waals surface area contributed by atoms with Gasteiger partial charge in [-0.3, -0.25) is 4.79 Å². The molecule has 1 aromatic carbocycles. The highest BCUT2D eigenvalue weighted by Crippen LogP contribution is 2.30. The van der Waals surface area contributed by atoms with Gasteiger partial charge in [0.2, 0.25) is 5.91 Å². The largest absolute Gasteiger partial charge is 0.383 e. The molecule has 2 fully saturated rings. The molecule has 0 N–H and O–H groups in total. The summed E-state index contributed by atoms with van der Waals surface area (Å²) in [5.74, 6) is 0.359. The van der Waals surface area contributed by atoms with E-state index in [4.69, 9.17) is 16.3 Å². The molecule has 7 heteroatoms. The zero-order valence-electron chi connectivity index (χ0n) is 16.2. The third-order valence-corrected chi connectivity index (χ3v) is 5.63. The Bertz CT molecular complexity index is 697. The highest BCUT2D eigenvalue weighted by atomic mass is 35.5. The molecule has 0 radical (unpaired) electrons. The fourth-order valence-electron chi connectivity index (χ4n) is 3.98. The summed E-state index contributed by atoms with van der Waals surface area (Å²) in [6.45, 7) is 6.86. The number of ether oxygens (including phenoxy) is 1. The normalized spacial score (nSPS) is 22.8. The molecule has 2 heterocycles. The zero-order valence-corrected chi connectivity index (χ0v) is 17.0. The number of methoxy groups -OCH3 is 1. The van der Waals surface area contributed by atoms with Crippen LogP contribution in [0, 0.1) is 5.92 Å². The number of hydrogen-bond donors (Lipinski definition) is 0. The lowest BCUT2D eigenvalue weighted by molar-refractivity contribution is -0.143. The van der Waals surface area contributed by atoms with Crippen molar-refractivity contribution in [1.82, 2.24) is 14.7 Å². The van der Waals surface area contributed by atoms with Crippen molar-refractivity contribution in [3.05, 3.63) is 34.9 Å². The Hall–Kier alpha value is -1.79. The molecule has 1 aromatic rings. The molecule has 0 spiro atoms. The van der Waals surface area contributed by atoms with E-state index in [0.29, 0.717) is 50.1 Å². The van der Waals surface area contributed by atoms with Crippen LogP contribution in [0.25, 0.3) is 0 Å². The molecule has 0 aliphatic carbocycles. The molecule has 2 saturated heterocycles.